The zero-order valence-corrected chi connectivity index (χ0v) is 13.4. The van der Waals surface area contributed by atoms with Gasteiger partial charge in [0.1, 0.15) is 0 Å². The molecule has 0 aliphatic rings. The molecule has 0 spiro atoms. The average molecular weight is 343 g/mol. The summed E-state index contributed by atoms with van der Waals surface area (Å²) in [6.45, 7) is 0. The Morgan fingerprint density at radius 1 is 0.458 bits per heavy atom. The van der Waals surface area contributed by atoms with Crippen LogP contribution < -0.4 is 18.6 Å². The molecule has 0 saturated carbocycles. The highest BCUT2D eigenvalue weighted by Crippen LogP contribution is 2.30. The van der Waals surface area contributed by atoms with Gasteiger partial charge in [0.2, 0.25) is 0 Å². The molecule has 0 unspecified atom stereocenters. The van der Waals surface area contributed by atoms with Gasteiger partial charge in [0.25, 0.3) is 0 Å². The summed E-state index contributed by atoms with van der Waals surface area (Å²) < 4.78 is 34.0. The van der Waals surface area contributed by atoms with Crippen molar-refractivity contribution in [2.75, 3.05) is 0 Å². The average Bonchev–Trinajstić information content (AvgIpc) is 2.57. The SMILES string of the molecule is [O-][Cl+3]([O-])([O-])[O-].c1ccc([C+](c2ccccc2)c2ccccc2)cc1. The Morgan fingerprint density at radius 2 is 0.667 bits per heavy atom. The fourth-order valence-electron chi connectivity index (χ4n) is 2.31. The Bertz CT molecular complexity index is 613. The van der Waals surface area contributed by atoms with Crippen molar-refractivity contribution in [2.45, 2.75) is 0 Å². The van der Waals surface area contributed by atoms with Crippen molar-refractivity contribution in [1.82, 2.24) is 0 Å². The standard InChI is InChI=1S/C19H15.ClHO4/c1-4-10-16(11-5-1)19(17-12-6-2-7-13-17)18-14-8-3-9-15-18;2-1(3,4)5/h1-15H;(H,2,3,4,5)/q+1;/p-1. The first-order valence-electron chi connectivity index (χ1n) is 7.10. The second-order valence-corrected chi connectivity index (χ2v) is 5.61. The Labute approximate surface area is 143 Å². The van der Waals surface area contributed by atoms with Crippen LogP contribution in [0.25, 0.3) is 0 Å². The van der Waals surface area contributed by atoms with Gasteiger partial charge in [-0.05, 0) is 72.8 Å². The summed E-state index contributed by atoms with van der Waals surface area (Å²) in [6, 6.07) is 31.6. The third kappa shape index (κ3) is 6.04. The number of halogens is 1. The number of hydrogen-bond acceptors (Lipinski definition) is 4. The third-order valence-electron chi connectivity index (χ3n) is 3.19. The van der Waals surface area contributed by atoms with E-state index in [-0.39, 0.29) is 0 Å². The zero-order chi connectivity index (χ0) is 17.4. The van der Waals surface area contributed by atoms with E-state index in [1.807, 2.05) is 0 Å². The summed E-state index contributed by atoms with van der Waals surface area (Å²) in [5, 5.41) is 0. The van der Waals surface area contributed by atoms with E-state index in [4.69, 9.17) is 18.6 Å². The summed E-state index contributed by atoms with van der Waals surface area (Å²) in [5.74, 6) is 1.28. The van der Waals surface area contributed by atoms with Crippen LogP contribution in [0.1, 0.15) is 16.7 Å². The lowest BCUT2D eigenvalue weighted by Gasteiger charge is -2.17. The van der Waals surface area contributed by atoms with E-state index >= 15 is 0 Å². The van der Waals surface area contributed by atoms with Gasteiger partial charge in [0.05, 0.1) is 22.6 Å². The molecule has 0 saturated heterocycles. The van der Waals surface area contributed by atoms with Gasteiger partial charge in [-0.2, -0.15) is 0 Å². The first-order chi connectivity index (χ1) is 11.4. The minimum absolute atomic E-state index is 1.25. The topological polar surface area (TPSA) is 92.2 Å². The van der Waals surface area contributed by atoms with Crippen molar-refractivity contribution in [1.29, 1.82) is 0 Å². The molecular formula is C19H15ClO4. The minimum atomic E-state index is -4.94. The molecule has 0 aromatic heterocycles. The summed E-state index contributed by atoms with van der Waals surface area (Å²) in [6.07, 6.45) is 0. The second-order valence-electron chi connectivity index (χ2n) is 4.85. The molecule has 4 nitrogen and oxygen atoms in total. The normalized spacial score (nSPS) is 10.5. The van der Waals surface area contributed by atoms with Gasteiger partial charge in [-0.1, -0.05) is 18.2 Å². The van der Waals surface area contributed by atoms with Gasteiger partial charge < -0.3 is 0 Å². The maximum Gasteiger partial charge on any atom is 0.0631 e. The molecule has 0 heterocycles. The third-order valence-corrected chi connectivity index (χ3v) is 3.19. The Balaban J connectivity index is 0.000000368. The second kappa shape index (κ2) is 8.49. The predicted octanol–water partition coefficient (Wildman–Crippen LogP) is -0.0502. The summed E-state index contributed by atoms with van der Waals surface area (Å²) in [7, 11) is -4.94. The molecule has 3 aromatic carbocycles. The lowest BCUT2D eigenvalue weighted by molar-refractivity contribution is -2.00. The van der Waals surface area contributed by atoms with Crippen LogP contribution in [0, 0.1) is 16.2 Å². The first kappa shape index (κ1) is 18.0. The van der Waals surface area contributed by atoms with Gasteiger partial charge >= 0.3 is 0 Å². The van der Waals surface area contributed by atoms with Crippen LogP contribution in [0.4, 0.5) is 0 Å². The van der Waals surface area contributed by atoms with Crippen LogP contribution in [0.3, 0.4) is 0 Å². The number of hydrogen-bond donors (Lipinski definition) is 0. The Hall–Kier alpha value is -2.34. The molecule has 0 bridgehead atoms. The molecule has 24 heavy (non-hydrogen) atoms. The quantitative estimate of drug-likeness (QED) is 0.493. The number of benzene rings is 3. The van der Waals surface area contributed by atoms with Crippen molar-refractivity contribution in [3.05, 3.63) is 114 Å². The van der Waals surface area contributed by atoms with Crippen molar-refractivity contribution < 1.29 is 28.9 Å². The van der Waals surface area contributed by atoms with E-state index in [1.165, 1.54) is 22.6 Å². The smallest absolute Gasteiger partial charge is 0.0631 e. The Morgan fingerprint density at radius 3 is 0.875 bits per heavy atom. The van der Waals surface area contributed by atoms with Crippen LogP contribution in [-0.2, 0) is 0 Å². The lowest BCUT2D eigenvalue weighted by Crippen LogP contribution is -2.68. The molecule has 3 rings (SSSR count). The van der Waals surface area contributed by atoms with Crippen LogP contribution in [0.5, 0.6) is 0 Å². The largest absolute Gasteiger partial charge is 0.222 e. The van der Waals surface area contributed by atoms with E-state index in [9.17, 15) is 0 Å². The predicted molar refractivity (Wildman–Crippen MR) is 79.9 cm³/mol. The highest BCUT2D eigenvalue weighted by Gasteiger charge is 2.21. The van der Waals surface area contributed by atoms with E-state index in [0.717, 1.165) is 0 Å². The van der Waals surface area contributed by atoms with Gasteiger partial charge in [-0.25, -0.2) is 18.6 Å². The van der Waals surface area contributed by atoms with Crippen LogP contribution in [0.15, 0.2) is 91.0 Å². The van der Waals surface area contributed by atoms with E-state index in [2.05, 4.69) is 91.0 Å². The maximum absolute atomic E-state index is 8.49. The van der Waals surface area contributed by atoms with Crippen LogP contribution in [0.2, 0.25) is 0 Å². The monoisotopic (exact) mass is 342 g/mol. The van der Waals surface area contributed by atoms with Crippen LogP contribution in [-0.4, -0.2) is 0 Å². The molecule has 0 fully saturated rings. The van der Waals surface area contributed by atoms with E-state index in [0.29, 0.717) is 0 Å². The fourth-order valence-corrected chi connectivity index (χ4v) is 2.31. The van der Waals surface area contributed by atoms with Gasteiger partial charge in [-0.15, -0.1) is 10.2 Å². The molecule has 0 aliphatic heterocycles. The first-order valence-corrected chi connectivity index (χ1v) is 8.33. The van der Waals surface area contributed by atoms with Crippen molar-refractivity contribution >= 4 is 0 Å². The molecule has 0 N–H and O–H groups in total. The molecule has 0 aliphatic carbocycles. The molecule has 0 amide bonds. The summed E-state index contributed by atoms with van der Waals surface area (Å²) in [4.78, 5) is 0. The lowest BCUT2D eigenvalue weighted by atomic mass is 9.85. The highest BCUT2D eigenvalue weighted by molar-refractivity contribution is 5.56. The van der Waals surface area contributed by atoms with Crippen molar-refractivity contribution in [3.8, 4) is 0 Å². The molecule has 5 heteroatoms. The van der Waals surface area contributed by atoms with E-state index < -0.39 is 10.2 Å². The molecule has 0 atom stereocenters. The molecule has 3 aromatic rings. The number of rotatable bonds is 3. The van der Waals surface area contributed by atoms with Crippen molar-refractivity contribution in [2.24, 2.45) is 0 Å². The minimum Gasteiger partial charge on any atom is -0.222 e. The van der Waals surface area contributed by atoms with E-state index in [1.54, 1.807) is 0 Å². The molecule has 0 radical (unpaired) electrons. The molecule has 122 valence electrons. The fraction of sp³-hybridized carbons (Fsp3) is 0. The summed E-state index contributed by atoms with van der Waals surface area (Å²) >= 11 is 0. The maximum atomic E-state index is 8.49. The Kier molecular flexibility index (Phi) is 6.37. The summed E-state index contributed by atoms with van der Waals surface area (Å²) in [5.41, 5.74) is 3.75. The zero-order valence-electron chi connectivity index (χ0n) is 12.7. The molecular weight excluding hydrogens is 328 g/mol. The van der Waals surface area contributed by atoms with Gasteiger partial charge in [0.15, 0.2) is 0 Å². The van der Waals surface area contributed by atoms with Crippen molar-refractivity contribution in [3.63, 3.8) is 0 Å². The highest BCUT2D eigenvalue weighted by atomic mass is 35.7. The van der Waals surface area contributed by atoms with Gasteiger partial charge in [-0.3, -0.25) is 0 Å². The van der Waals surface area contributed by atoms with Crippen LogP contribution >= 0.6 is 0 Å². The van der Waals surface area contributed by atoms with Gasteiger partial charge in [0, 0.05) is 0 Å².